The molecule has 1 atom stereocenters. The summed E-state index contributed by atoms with van der Waals surface area (Å²) in [7, 11) is 3.99. The van der Waals surface area contributed by atoms with Crippen LogP contribution in [0.1, 0.15) is 82.1 Å². The molecule has 1 saturated heterocycles. The minimum absolute atomic E-state index is 0.181. The van der Waals surface area contributed by atoms with Crippen molar-refractivity contribution in [1.82, 2.24) is 10.2 Å². The Labute approximate surface area is 265 Å². The molecule has 1 aliphatic carbocycles. The molecular formula is C38H53N3O3. The Morgan fingerprint density at radius 2 is 1.64 bits per heavy atom. The molecule has 1 unspecified atom stereocenters. The molecule has 3 aromatic carbocycles. The highest BCUT2D eigenvalue weighted by atomic mass is 16.5. The molecule has 0 spiro atoms. The first kappa shape index (κ1) is 32.2. The molecule has 0 radical (unpaired) electrons. The number of rotatable bonds is 11. The molecule has 6 nitrogen and oxygen atoms in total. The van der Waals surface area contributed by atoms with Crippen LogP contribution in [-0.2, 0) is 19.4 Å². The Balaban J connectivity index is 1.20. The minimum atomic E-state index is 0.181. The number of likely N-dealkylation sites (tertiary alicyclic amines) is 1. The second kappa shape index (κ2) is 13.4. The number of ether oxygens (including phenoxy) is 2. The third kappa shape index (κ3) is 7.35. The zero-order valence-electron chi connectivity index (χ0n) is 28.0. The van der Waals surface area contributed by atoms with Crippen molar-refractivity contribution in [3.63, 3.8) is 0 Å². The molecular weight excluding hydrogens is 546 g/mol. The molecule has 5 rings (SSSR count). The number of phenols is 1. The number of hydrogen-bond acceptors (Lipinski definition) is 6. The van der Waals surface area contributed by atoms with E-state index >= 15 is 0 Å². The van der Waals surface area contributed by atoms with Gasteiger partial charge in [0, 0.05) is 48.5 Å². The van der Waals surface area contributed by atoms with Crippen LogP contribution in [0.2, 0.25) is 0 Å². The van der Waals surface area contributed by atoms with Gasteiger partial charge in [-0.2, -0.15) is 0 Å². The van der Waals surface area contributed by atoms with Gasteiger partial charge in [0.05, 0.1) is 7.11 Å². The summed E-state index contributed by atoms with van der Waals surface area (Å²) in [6.45, 7) is 14.8. The fourth-order valence-electron chi connectivity index (χ4n) is 7.50. The number of aromatic hydroxyl groups is 1. The van der Waals surface area contributed by atoms with E-state index in [0.717, 1.165) is 63.2 Å². The van der Waals surface area contributed by atoms with E-state index in [1.807, 2.05) is 12.1 Å². The normalized spacial score (nSPS) is 19.8. The van der Waals surface area contributed by atoms with Gasteiger partial charge in [-0.05, 0) is 132 Å². The number of hydrogen-bond donors (Lipinski definition) is 2. The van der Waals surface area contributed by atoms with Gasteiger partial charge in [-0.3, -0.25) is 4.90 Å². The molecule has 238 valence electrons. The third-order valence-corrected chi connectivity index (χ3v) is 10.2. The number of methoxy groups -OCH3 is 1. The lowest BCUT2D eigenvalue weighted by Gasteiger charge is -2.53. The van der Waals surface area contributed by atoms with Gasteiger partial charge in [-0.25, -0.2) is 0 Å². The van der Waals surface area contributed by atoms with Crippen LogP contribution in [0.4, 0.5) is 5.69 Å². The maximum atomic E-state index is 9.94. The van der Waals surface area contributed by atoms with E-state index in [1.165, 1.54) is 27.9 Å². The van der Waals surface area contributed by atoms with Crippen molar-refractivity contribution in [3.05, 3.63) is 82.9 Å². The van der Waals surface area contributed by atoms with Crippen LogP contribution in [0, 0.1) is 0 Å². The fourth-order valence-corrected chi connectivity index (χ4v) is 7.50. The molecule has 0 aromatic heterocycles. The summed E-state index contributed by atoms with van der Waals surface area (Å²) >= 11 is 0. The van der Waals surface area contributed by atoms with Crippen molar-refractivity contribution in [3.8, 4) is 17.2 Å². The molecule has 44 heavy (non-hydrogen) atoms. The lowest BCUT2D eigenvalue weighted by atomic mass is 9.77. The summed E-state index contributed by atoms with van der Waals surface area (Å²) in [5.41, 5.74) is 6.85. The van der Waals surface area contributed by atoms with Crippen LogP contribution in [0.3, 0.4) is 0 Å². The second-order valence-electron chi connectivity index (χ2n) is 14.1. The summed E-state index contributed by atoms with van der Waals surface area (Å²) in [5, 5.41) is 13.7. The van der Waals surface area contributed by atoms with Gasteiger partial charge in [-0.15, -0.1) is 0 Å². The first-order chi connectivity index (χ1) is 21.0. The largest absolute Gasteiger partial charge is 0.508 e. The Morgan fingerprint density at radius 3 is 2.32 bits per heavy atom. The summed E-state index contributed by atoms with van der Waals surface area (Å²) < 4.78 is 11.8. The SMILES string of the molecule is CCN(Cc1ccc(OCCNC2CC(C)(C)N(C)C(C)(C)C2)cc1)c1cc(OC)ccc1C1CCc2cc(O)ccc2C1. The average Bonchev–Trinajstić information content (AvgIpc) is 3.00. The first-order valence-corrected chi connectivity index (χ1v) is 16.4. The first-order valence-electron chi connectivity index (χ1n) is 16.4. The van der Waals surface area contributed by atoms with Crippen molar-refractivity contribution in [1.29, 1.82) is 0 Å². The molecule has 0 amide bonds. The lowest BCUT2D eigenvalue weighted by molar-refractivity contribution is -0.0184. The molecule has 3 aromatic rings. The maximum Gasteiger partial charge on any atom is 0.120 e. The smallest absolute Gasteiger partial charge is 0.120 e. The van der Waals surface area contributed by atoms with Crippen molar-refractivity contribution >= 4 is 5.69 Å². The summed E-state index contributed by atoms with van der Waals surface area (Å²) in [6.07, 6.45) is 5.32. The number of aryl methyl sites for hydroxylation is 1. The van der Waals surface area contributed by atoms with E-state index in [-0.39, 0.29) is 11.1 Å². The lowest BCUT2D eigenvalue weighted by Crippen LogP contribution is -2.62. The Kier molecular flexibility index (Phi) is 9.81. The molecule has 1 aliphatic heterocycles. The topological polar surface area (TPSA) is 57.2 Å². The second-order valence-corrected chi connectivity index (χ2v) is 14.1. The van der Waals surface area contributed by atoms with E-state index < -0.39 is 0 Å². The predicted molar refractivity (Wildman–Crippen MR) is 181 cm³/mol. The third-order valence-electron chi connectivity index (χ3n) is 10.2. The van der Waals surface area contributed by atoms with Crippen molar-refractivity contribution < 1.29 is 14.6 Å². The molecule has 6 heteroatoms. The van der Waals surface area contributed by atoms with E-state index in [0.29, 0.717) is 24.3 Å². The van der Waals surface area contributed by atoms with E-state index in [4.69, 9.17) is 9.47 Å². The van der Waals surface area contributed by atoms with Crippen LogP contribution < -0.4 is 19.7 Å². The molecule has 0 bridgehead atoms. The van der Waals surface area contributed by atoms with Gasteiger partial charge < -0.3 is 24.8 Å². The van der Waals surface area contributed by atoms with Crippen LogP contribution in [0.25, 0.3) is 0 Å². The Morgan fingerprint density at radius 1 is 0.932 bits per heavy atom. The Bertz CT molecular complexity index is 1380. The van der Waals surface area contributed by atoms with E-state index in [2.05, 4.69) is 105 Å². The number of phenolic OH excluding ortho intramolecular Hbond substituents is 1. The summed E-state index contributed by atoms with van der Waals surface area (Å²) in [6, 6.07) is 21.5. The highest BCUT2D eigenvalue weighted by Gasteiger charge is 2.42. The number of nitrogens with zero attached hydrogens (tertiary/aromatic N) is 2. The van der Waals surface area contributed by atoms with Crippen LogP contribution in [0.5, 0.6) is 17.2 Å². The molecule has 2 aliphatic rings. The number of benzene rings is 3. The van der Waals surface area contributed by atoms with Crippen LogP contribution in [-0.4, -0.2) is 61.0 Å². The highest BCUT2D eigenvalue weighted by molar-refractivity contribution is 5.60. The highest BCUT2D eigenvalue weighted by Crippen LogP contribution is 2.40. The monoisotopic (exact) mass is 599 g/mol. The Hall–Kier alpha value is -3.22. The van der Waals surface area contributed by atoms with Crippen molar-refractivity contribution in [2.24, 2.45) is 0 Å². The molecule has 2 N–H and O–H groups in total. The van der Waals surface area contributed by atoms with Crippen molar-refractivity contribution in [2.75, 3.05) is 38.8 Å². The van der Waals surface area contributed by atoms with Gasteiger partial charge in [0.2, 0.25) is 0 Å². The quantitative estimate of drug-likeness (QED) is 0.225. The molecule has 0 saturated carbocycles. The van der Waals surface area contributed by atoms with E-state index in [1.54, 1.807) is 7.11 Å². The summed E-state index contributed by atoms with van der Waals surface area (Å²) in [5.74, 6) is 2.58. The predicted octanol–water partition coefficient (Wildman–Crippen LogP) is 7.32. The van der Waals surface area contributed by atoms with Gasteiger partial charge in [0.25, 0.3) is 0 Å². The van der Waals surface area contributed by atoms with Crippen molar-refractivity contribution in [2.45, 2.75) is 96.3 Å². The van der Waals surface area contributed by atoms with E-state index in [9.17, 15) is 5.11 Å². The maximum absolute atomic E-state index is 9.94. The fraction of sp³-hybridized carbons (Fsp3) is 0.526. The minimum Gasteiger partial charge on any atom is -0.508 e. The average molecular weight is 600 g/mol. The zero-order chi connectivity index (χ0) is 31.5. The number of piperidine rings is 1. The number of fused-ring (bicyclic) bond motifs is 1. The van der Waals surface area contributed by atoms with Crippen LogP contribution >= 0.6 is 0 Å². The van der Waals surface area contributed by atoms with Gasteiger partial charge >= 0.3 is 0 Å². The standard InChI is InChI=1S/C38H53N3O3/c1-8-41(36-23-34(43-7)17-18-35(36)30-12-11-29-22-32(42)14-13-28(29)21-30)26-27-9-15-33(16-10-27)44-20-19-39-31-24-37(2,3)40(6)38(4,5)25-31/h9-10,13-18,22-23,30-31,39,42H,8,11-12,19-21,24-26H2,1-7H3. The van der Waals surface area contributed by atoms with Crippen LogP contribution in [0.15, 0.2) is 60.7 Å². The number of nitrogens with one attached hydrogen (secondary N) is 1. The molecule has 1 fully saturated rings. The van der Waals surface area contributed by atoms with Gasteiger partial charge in [0.15, 0.2) is 0 Å². The van der Waals surface area contributed by atoms with Gasteiger partial charge in [0.1, 0.15) is 23.9 Å². The number of anilines is 1. The van der Waals surface area contributed by atoms with Gasteiger partial charge in [-0.1, -0.05) is 24.3 Å². The molecule has 1 heterocycles. The zero-order valence-corrected chi connectivity index (χ0v) is 28.0. The summed E-state index contributed by atoms with van der Waals surface area (Å²) in [4.78, 5) is 4.97.